The predicted molar refractivity (Wildman–Crippen MR) is 74.2 cm³/mol. The van der Waals surface area contributed by atoms with E-state index in [2.05, 4.69) is 20.9 Å². The monoisotopic (exact) mass is 305 g/mol. The van der Waals surface area contributed by atoms with E-state index < -0.39 is 0 Å². The van der Waals surface area contributed by atoms with Gasteiger partial charge in [0.1, 0.15) is 11.6 Å². The predicted octanol–water partition coefficient (Wildman–Crippen LogP) is 3.23. The molecule has 2 aromatic rings. The number of hydrogen-bond acceptors (Lipinski definition) is 3. The van der Waals surface area contributed by atoms with Crippen LogP contribution < -0.4 is 10.5 Å². The first kappa shape index (κ1) is 12.6. The molecule has 4 nitrogen and oxygen atoms in total. The van der Waals surface area contributed by atoms with E-state index >= 15 is 0 Å². The van der Waals surface area contributed by atoms with Gasteiger partial charge in [0.2, 0.25) is 5.88 Å². The quantitative estimate of drug-likeness (QED) is 0.675. The molecule has 0 aliphatic heterocycles. The first-order valence-corrected chi connectivity index (χ1v) is 6.10. The van der Waals surface area contributed by atoms with E-state index in [0.717, 1.165) is 15.8 Å². The third-order valence-electron chi connectivity index (χ3n) is 2.40. The number of nitrogens with one attached hydrogen (secondary N) is 1. The Kier molecular flexibility index (Phi) is 3.62. The van der Waals surface area contributed by atoms with Gasteiger partial charge >= 0.3 is 0 Å². The Morgan fingerprint density at radius 1 is 1.33 bits per heavy atom. The standard InChI is InChI=1S/C13H12BrN3O/c1-8-6-10(14)2-3-11(8)18-12-7-9(13(15)16)4-5-17-12/h2-7H,1H3,(H3,15,16). The van der Waals surface area contributed by atoms with Crippen LogP contribution in [0.2, 0.25) is 0 Å². The molecule has 0 saturated heterocycles. The molecule has 0 fully saturated rings. The second-order valence-corrected chi connectivity index (χ2v) is 4.72. The lowest BCUT2D eigenvalue weighted by molar-refractivity contribution is 0.459. The van der Waals surface area contributed by atoms with E-state index in [9.17, 15) is 0 Å². The molecule has 0 radical (unpaired) electrons. The maximum atomic E-state index is 7.37. The molecule has 0 bridgehead atoms. The minimum atomic E-state index is -0.00484. The number of amidine groups is 1. The molecule has 0 spiro atoms. The van der Waals surface area contributed by atoms with E-state index in [1.807, 2.05) is 25.1 Å². The molecule has 92 valence electrons. The summed E-state index contributed by atoms with van der Waals surface area (Å²) in [5.74, 6) is 1.15. The second kappa shape index (κ2) is 5.18. The maximum Gasteiger partial charge on any atom is 0.219 e. The van der Waals surface area contributed by atoms with Crippen molar-refractivity contribution in [3.63, 3.8) is 0 Å². The van der Waals surface area contributed by atoms with Crippen LogP contribution in [-0.4, -0.2) is 10.8 Å². The Labute approximate surface area is 113 Å². The van der Waals surface area contributed by atoms with E-state index in [1.54, 1.807) is 18.3 Å². The second-order valence-electron chi connectivity index (χ2n) is 3.81. The van der Waals surface area contributed by atoms with Gasteiger partial charge in [-0.3, -0.25) is 5.41 Å². The van der Waals surface area contributed by atoms with Gasteiger partial charge in [0.25, 0.3) is 0 Å². The molecule has 3 N–H and O–H groups in total. The molecule has 0 atom stereocenters. The Balaban J connectivity index is 2.28. The SMILES string of the molecule is Cc1cc(Br)ccc1Oc1cc(C(=N)N)ccn1. The topological polar surface area (TPSA) is 72.0 Å². The number of aromatic nitrogens is 1. The lowest BCUT2D eigenvalue weighted by atomic mass is 10.2. The van der Waals surface area contributed by atoms with Gasteiger partial charge in [-0.05, 0) is 36.8 Å². The van der Waals surface area contributed by atoms with Crippen LogP contribution in [-0.2, 0) is 0 Å². The molecule has 1 aromatic heterocycles. The molecule has 0 saturated carbocycles. The number of nitrogens with zero attached hydrogens (tertiary/aromatic N) is 1. The Morgan fingerprint density at radius 3 is 2.78 bits per heavy atom. The highest BCUT2D eigenvalue weighted by atomic mass is 79.9. The summed E-state index contributed by atoms with van der Waals surface area (Å²) in [7, 11) is 0. The Hall–Kier alpha value is -1.88. The van der Waals surface area contributed by atoms with Crippen LogP contribution in [0.4, 0.5) is 0 Å². The highest BCUT2D eigenvalue weighted by Gasteiger charge is 2.05. The number of pyridine rings is 1. The number of rotatable bonds is 3. The number of benzene rings is 1. The summed E-state index contributed by atoms with van der Waals surface area (Å²) < 4.78 is 6.67. The van der Waals surface area contributed by atoms with Gasteiger partial charge in [0.15, 0.2) is 0 Å². The fraction of sp³-hybridized carbons (Fsp3) is 0.0769. The summed E-state index contributed by atoms with van der Waals surface area (Å²) in [6.07, 6.45) is 1.57. The zero-order chi connectivity index (χ0) is 13.1. The van der Waals surface area contributed by atoms with E-state index in [-0.39, 0.29) is 5.84 Å². The van der Waals surface area contributed by atoms with Crippen LogP contribution in [0, 0.1) is 12.3 Å². The van der Waals surface area contributed by atoms with Crippen molar-refractivity contribution < 1.29 is 4.74 Å². The van der Waals surface area contributed by atoms with Gasteiger partial charge in [0.05, 0.1) is 0 Å². The number of nitrogens with two attached hydrogens (primary N) is 1. The number of nitrogen functional groups attached to an aromatic ring is 1. The average molecular weight is 306 g/mol. The number of ether oxygens (including phenoxy) is 1. The highest BCUT2D eigenvalue weighted by molar-refractivity contribution is 9.10. The minimum absolute atomic E-state index is 0.00484. The third kappa shape index (κ3) is 2.87. The van der Waals surface area contributed by atoms with Crippen molar-refractivity contribution in [1.29, 1.82) is 5.41 Å². The lowest BCUT2D eigenvalue weighted by Gasteiger charge is -2.08. The molecule has 0 amide bonds. The van der Waals surface area contributed by atoms with E-state index in [1.165, 1.54) is 0 Å². The van der Waals surface area contributed by atoms with Gasteiger partial charge in [-0.2, -0.15) is 0 Å². The molecule has 5 heteroatoms. The van der Waals surface area contributed by atoms with Crippen molar-refractivity contribution >= 4 is 21.8 Å². The Bertz CT molecular complexity index is 599. The van der Waals surface area contributed by atoms with Crippen LogP contribution >= 0.6 is 15.9 Å². The molecular formula is C13H12BrN3O. The molecule has 2 rings (SSSR count). The number of aryl methyl sites for hydroxylation is 1. The fourth-order valence-corrected chi connectivity index (χ4v) is 1.95. The molecule has 0 unspecified atom stereocenters. The number of halogens is 1. The molecular weight excluding hydrogens is 294 g/mol. The van der Waals surface area contributed by atoms with Gasteiger partial charge in [-0.25, -0.2) is 4.98 Å². The van der Waals surface area contributed by atoms with Crippen molar-refractivity contribution in [2.24, 2.45) is 5.73 Å². The van der Waals surface area contributed by atoms with Gasteiger partial charge in [0, 0.05) is 22.3 Å². The summed E-state index contributed by atoms with van der Waals surface area (Å²) in [4.78, 5) is 4.09. The fourth-order valence-electron chi connectivity index (χ4n) is 1.47. The zero-order valence-electron chi connectivity index (χ0n) is 9.77. The van der Waals surface area contributed by atoms with Gasteiger partial charge in [-0.1, -0.05) is 15.9 Å². The molecule has 18 heavy (non-hydrogen) atoms. The first-order chi connectivity index (χ1) is 8.56. The molecule has 1 heterocycles. The smallest absolute Gasteiger partial charge is 0.219 e. The van der Waals surface area contributed by atoms with Crippen LogP contribution in [0.3, 0.4) is 0 Å². The van der Waals surface area contributed by atoms with Gasteiger partial charge in [-0.15, -0.1) is 0 Å². The van der Waals surface area contributed by atoms with Gasteiger partial charge < -0.3 is 10.5 Å². The highest BCUT2D eigenvalue weighted by Crippen LogP contribution is 2.26. The normalized spacial score (nSPS) is 10.1. The van der Waals surface area contributed by atoms with Crippen LogP contribution in [0.25, 0.3) is 0 Å². The average Bonchev–Trinajstić information content (AvgIpc) is 2.33. The van der Waals surface area contributed by atoms with Crippen molar-refractivity contribution in [3.05, 3.63) is 52.1 Å². The summed E-state index contributed by atoms with van der Waals surface area (Å²) in [5.41, 5.74) is 7.01. The van der Waals surface area contributed by atoms with Crippen molar-refractivity contribution in [3.8, 4) is 11.6 Å². The minimum Gasteiger partial charge on any atom is -0.439 e. The van der Waals surface area contributed by atoms with Crippen LogP contribution in [0.15, 0.2) is 41.0 Å². The van der Waals surface area contributed by atoms with E-state index in [0.29, 0.717) is 11.4 Å². The summed E-state index contributed by atoms with van der Waals surface area (Å²) in [6.45, 7) is 1.95. The van der Waals surface area contributed by atoms with Crippen molar-refractivity contribution in [1.82, 2.24) is 4.98 Å². The number of hydrogen-bond donors (Lipinski definition) is 2. The zero-order valence-corrected chi connectivity index (χ0v) is 11.4. The largest absolute Gasteiger partial charge is 0.439 e. The van der Waals surface area contributed by atoms with Crippen molar-refractivity contribution in [2.45, 2.75) is 6.92 Å². The molecule has 0 aliphatic carbocycles. The van der Waals surface area contributed by atoms with E-state index in [4.69, 9.17) is 15.9 Å². The summed E-state index contributed by atoms with van der Waals surface area (Å²) in [6, 6.07) is 9.04. The molecule has 0 aliphatic rings. The lowest BCUT2D eigenvalue weighted by Crippen LogP contribution is -2.11. The third-order valence-corrected chi connectivity index (χ3v) is 2.89. The maximum absolute atomic E-state index is 7.37. The first-order valence-electron chi connectivity index (χ1n) is 5.31. The Morgan fingerprint density at radius 2 is 2.11 bits per heavy atom. The van der Waals surface area contributed by atoms with Crippen LogP contribution in [0.5, 0.6) is 11.6 Å². The summed E-state index contributed by atoms with van der Waals surface area (Å²) in [5, 5.41) is 7.37. The summed E-state index contributed by atoms with van der Waals surface area (Å²) >= 11 is 3.40. The van der Waals surface area contributed by atoms with Crippen molar-refractivity contribution in [2.75, 3.05) is 0 Å². The molecule has 1 aromatic carbocycles. The van der Waals surface area contributed by atoms with Crippen LogP contribution in [0.1, 0.15) is 11.1 Å².